The van der Waals surface area contributed by atoms with Gasteiger partial charge in [-0.1, -0.05) is 29.8 Å². The van der Waals surface area contributed by atoms with E-state index >= 15 is 0 Å². The van der Waals surface area contributed by atoms with Gasteiger partial charge in [0.05, 0.1) is 6.21 Å². The van der Waals surface area contributed by atoms with Crippen molar-refractivity contribution in [2.75, 3.05) is 0 Å². The molecule has 1 aliphatic carbocycles. The molecule has 1 saturated carbocycles. The van der Waals surface area contributed by atoms with Crippen LogP contribution in [0.5, 0.6) is 0 Å². The van der Waals surface area contributed by atoms with E-state index in [-0.39, 0.29) is 5.91 Å². The second-order valence-corrected chi connectivity index (χ2v) is 5.09. The smallest absolute Gasteiger partial charge is 0.281 e. The van der Waals surface area contributed by atoms with Crippen LogP contribution in [-0.2, 0) is 0 Å². The summed E-state index contributed by atoms with van der Waals surface area (Å²) in [4.78, 5) is 11.8. The Hall–Kier alpha value is -2.43. The summed E-state index contributed by atoms with van der Waals surface area (Å²) in [5.41, 5.74) is 6.04. The number of benzene rings is 1. The number of nitrogens with one attached hydrogen (secondary N) is 2. The Morgan fingerprint density at radius 2 is 2.15 bits per heavy atom. The zero-order valence-corrected chi connectivity index (χ0v) is 11.3. The molecule has 1 aromatic heterocycles. The maximum Gasteiger partial charge on any atom is 0.291 e. The number of carbonyl (C=O) groups excluding carboxylic acids is 1. The molecular weight excluding hydrogens is 252 g/mol. The van der Waals surface area contributed by atoms with Crippen LogP contribution in [0, 0.1) is 6.92 Å². The zero-order chi connectivity index (χ0) is 13.9. The third-order valence-corrected chi connectivity index (χ3v) is 3.30. The van der Waals surface area contributed by atoms with Gasteiger partial charge in [-0.3, -0.25) is 9.89 Å². The van der Waals surface area contributed by atoms with Gasteiger partial charge in [0, 0.05) is 11.6 Å². The van der Waals surface area contributed by atoms with Crippen LogP contribution < -0.4 is 5.43 Å². The van der Waals surface area contributed by atoms with Crippen molar-refractivity contribution in [2.24, 2.45) is 5.10 Å². The minimum atomic E-state index is -0.295. The lowest BCUT2D eigenvalue weighted by Gasteiger charge is -1.96. The van der Waals surface area contributed by atoms with Gasteiger partial charge in [0.2, 0.25) is 0 Å². The highest BCUT2D eigenvalue weighted by Crippen LogP contribution is 2.38. The van der Waals surface area contributed by atoms with Crippen molar-refractivity contribution in [3.8, 4) is 0 Å². The summed E-state index contributed by atoms with van der Waals surface area (Å²) >= 11 is 0. The fraction of sp³-hybridized carbons (Fsp3) is 0.267. The number of aromatic amines is 1. The molecule has 0 radical (unpaired) electrons. The van der Waals surface area contributed by atoms with E-state index in [0.717, 1.165) is 11.3 Å². The number of amides is 1. The van der Waals surface area contributed by atoms with Crippen molar-refractivity contribution in [3.63, 3.8) is 0 Å². The molecular formula is C15H16N4O. The number of rotatable bonds is 4. The van der Waals surface area contributed by atoms with E-state index in [4.69, 9.17) is 0 Å². The van der Waals surface area contributed by atoms with Gasteiger partial charge in [-0.05, 0) is 31.4 Å². The van der Waals surface area contributed by atoms with E-state index in [9.17, 15) is 4.79 Å². The summed E-state index contributed by atoms with van der Waals surface area (Å²) in [6, 6.07) is 9.70. The Kier molecular flexibility index (Phi) is 3.33. The first-order valence-corrected chi connectivity index (χ1v) is 6.68. The lowest BCUT2D eigenvalue weighted by Crippen LogP contribution is -2.18. The molecule has 0 aliphatic heterocycles. The van der Waals surface area contributed by atoms with E-state index in [1.807, 2.05) is 31.2 Å². The van der Waals surface area contributed by atoms with Crippen LogP contribution >= 0.6 is 0 Å². The molecule has 0 spiro atoms. The van der Waals surface area contributed by atoms with E-state index in [1.165, 1.54) is 18.4 Å². The van der Waals surface area contributed by atoms with Crippen LogP contribution in [0.15, 0.2) is 35.4 Å². The Labute approximate surface area is 117 Å². The second kappa shape index (κ2) is 5.28. The van der Waals surface area contributed by atoms with Gasteiger partial charge in [-0.25, -0.2) is 5.43 Å². The highest BCUT2D eigenvalue weighted by molar-refractivity contribution is 5.93. The molecule has 5 heteroatoms. The molecule has 0 saturated heterocycles. The van der Waals surface area contributed by atoms with Gasteiger partial charge >= 0.3 is 0 Å². The SMILES string of the molecule is Cc1ccc(/C=N/NC(=O)c2cc(C3CC3)[nH]n2)cc1. The number of H-pyrrole nitrogens is 1. The lowest BCUT2D eigenvalue weighted by atomic mass is 10.2. The fourth-order valence-electron chi connectivity index (χ4n) is 1.93. The molecule has 5 nitrogen and oxygen atoms in total. The highest BCUT2D eigenvalue weighted by Gasteiger charge is 2.26. The number of carbonyl (C=O) groups is 1. The molecule has 2 N–H and O–H groups in total. The summed E-state index contributed by atoms with van der Waals surface area (Å²) in [7, 11) is 0. The van der Waals surface area contributed by atoms with E-state index in [2.05, 4.69) is 20.7 Å². The monoisotopic (exact) mass is 268 g/mol. The summed E-state index contributed by atoms with van der Waals surface area (Å²) in [5.74, 6) is 0.261. The van der Waals surface area contributed by atoms with Gasteiger partial charge in [-0.15, -0.1) is 0 Å². The van der Waals surface area contributed by atoms with Crippen LogP contribution in [0.2, 0.25) is 0 Å². The van der Waals surface area contributed by atoms with Gasteiger partial charge in [0.1, 0.15) is 0 Å². The van der Waals surface area contributed by atoms with Crippen molar-refractivity contribution >= 4 is 12.1 Å². The van der Waals surface area contributed by atoms with Crippen LogP contribution in [0.3, 0.4) is 0 Å². The van der Waals surface area contributed by atoms with E-state index in [1.54, 1.807) is 12.3 Å². The first kappa shape index (κ1) is 12.6. The number of hydrazone groups is 1. The average Bonchev–Trinajstić information content (AvgIpc) is 3.18. The average molecular weight is 268 g/mol. The molecule has 0 bridgehead atoms. The van der Waals surface area contributed by atoms with Gasteiger partial charge in [0.25, 0.3) is 5.91 Å². The molecule has 1 amide bonds. The topological polar surface area (TPSA) is 70.1 Å². The quantitative estimate of drug-likeness (QED) is 0.660. The summed E-state index contributed by atoms with van der Waals surface area (Å²) in [6.45, 7) is 2.03. The molecule has 102 valence electrons. The first-order chi connectivity index (χ1) is 9.72. The van der Waals surface area contributed by atoms with Gasteiger partial charge in [-0.2, -0.15) is 10.2 Å². The fourth-order valence-corrected chi connectivity index (χ4v) is 1.93. The maximum atomic E-state index is 11.8. The molecule has 3 rings (SSSR count). The molecule has 0 atom stereocenters. The molecule has 1 aliphatic rings. The lowest BCUT2D eigenvalue weighted by molar-refractivity contribution is 0.0950. The van der Waals surface area contributed by atoms with Gasteiger partial charge in [0.15, 0.2) is 5.69 Å². The Balaban J connectivity index is 1.59. The Morgan fingerprint density at radius 3 is 2.85 bits per heavy atom. The molecule has 1 aromatic carbocycles. The van der Waals surface area contributed by atoms with Crippen molar-refractivity contribution < 1.29 is 4.79 Å². The van der Waals surface area contributed by atoms with Crippen LogP contribution in [-0.4, -0.2) is 22.3 Å². The minimum Gasteiger partial charge on any atom is -0.281 e. The molecule has 2 aromatic rings. The largest absolute Gasteiger partial charge is 0.291 e. The van der Waals surface area contributed by atoms with Crippen LogP contribution in [0.25, 0.3) is 0 Å². The van der Waals surface area contributed by atoms with E-state index in [0.29, 0.717) is 11.6 Å². The molecule has 1 heterocycles. The highest BCUT2D eigenvalue weighted by atomic mass is 16.2. The standard InChI is InChI=1S/C15H16N4O/c1-10-2-4-11(5-3-10)9-16-19-15(20)14-8-13(17-18-14)12-6-7-12/h2-5,8-9,12H,6-7H2,1H3,(H,17,18)(H,19,20)/b16-9+. The summed E-state index contributed by atoms with van der Waals surface area (Å²) < 4.78 is 0. The zero-order valence-electron chi connectivity index (χ0n) is 11.3. The number of aromatic nitrogens is 2. The maximum absolute atomic E-state index is 11.8. The number of aryl methyl sites for hydroxylation is 1. The Morgan fingerprint density at radius 1 is 1.40 bits per heavy atom. The third kappa shape index (κ3) is 2.93. The Bertz CT molecular complexity index is 638. The van der Waals surface area contributed by atoms with Crippen molar-refractivity contribution in [3.05, 3.63) is 52.8 Å². The van der Waals surface area contributed by atoms with Gasteiger partial charge < -0.3 is 0 Å². The first-order valence-electron chi connectivity index (χ1n) is 6.68. The van der Waals surface area contributed by atoms with Crippen molar-refractivity contribution in [1.29, 1.82) is 0 Å². The van der Waals surface area contributed by atoms with Crippen LogP contribution in [0.1, 0.15) is 46.1 Å². The van der Waals surface area contributed by atoms with Crippen LogP contribution in [0.4, 0.5) is 0 Å². The number of hydrogen-bond acceptors (Lipinski definition) is 3. The summed E-state index contributed by atoms with van der Waals surface area (Å²) in [6.07, 6.45) is 3.97. The molecule has 1 fully saturated rings. The molecule has 20 heavy (non-hydrogen) atoms. The predicted molar refractivity (Wildman–Crippen MR) is 76.8 cm³/mol. The van der Waals surface area contributed by atoms with Crippen molar-refractivity contribution in [1.82, 2.24) is 15.6 Å². The second-order valence-electron chi connectivity index (χ2n) is 5.09. The number of hydrogen-bond donors (Lipinski definition) is 2. The summed E-state index contributed by atoms with van der Waals surface area (Å²) in [5, 5.41) is 10.8. The normalized spacial score (nSPS) is 14.7. The predicted octanol–water partition coefficient (Wildman–Crippen LogP) is 2.36. The molecule has 0 unspecified atom stereocenters. The third-order valence-electron chi connectivity index (χ3n) is 3.30. The minimum absolute atomic E-state index is 0.295. The number of nitrogens with zero attached hydrogens (tertiary/aromatic N) is 2. The van der Waals surface area contributed by atoms with E-state index < -0.39 is 0 Å². The van der Waals surface area contributed by atoms with Crippen molar-refractivity contribution in [2.45, 2.75) is 25.7 Å².